The molecule has 0 aromatic rings. The third-order valence-electron chi connectivity index (χ3n) is 4.55. The summed E-state index contributed by atoms with van der Waals surface area (Å²) < 4.78 is 5.27. The number of rotatable bonds is 11. The van der Waals surface area contributed by atoms with Gasteiger partial charge >= 0.3 is 6.03 Å². The van der Waals surface area contributed by atoms with Crippen molar-refractivity contribution in [2.24, 2.45) is 5.92 Å². The Morgan fingerprint density at radius 1 is 1.19 bits per heavy atom. The lowest BCUT2D eigenvalue weighted by atomic mass is 10.0. The molecule has 1 fully saturated rings. The predicted molar refractivity (Wildman–Crippen MR) is 99.7 cm³/mol. The van der Waals surface area contributed by atoms with Gasteiger partial charge in [0.1, 0.15) is 0 Å². The van der Waals surface area contributed by atoms with Crippen LogP contribution in [0, 0.1) is 5.92 Å². The topological polar surface area (TPSA) is 102 Å². The molecule has 1 saturated heterocycles. The zero-order valence-corrected chi connectivity index (χ0v) is 16.6. The average Bonchev–Trinajstić information content (AvgIpc) is 2.70. The number of hydrogen-bond donors (Lipinski definition) is 2. The van der Waals surface area contributed by atoms with Crippen LogP contribution in [0.15, 0.2) is 0 Å². The molecule has 0 bridgehead atoms. The van der Waals surface area contributed by atoms with Crippen molar-refractivity contribution in [3.63, 3.8) is 0 Å². The Labute approximate surface area is 161 Å². The summed E-state index contributed by atoms with van der Waals surface area (Å²) >= 11 is 0. The van der Waals surface area contributed by atoms with Gasteiger partial charge in [0.15, 0.2) is 0 Å². The molecule has 0 radical (unpaired) electrons. The minimum Gasteiger partial charge on any atom is -0.378 e. The summed E-state index contributed by atoms with van der Waals surface area (Å²) in [4.78, 5) is 37.9. The second kappa shape index (κ2) is 13.3. The number of morpholine rings is 1. The smallest absolute Gasteiger partial charge is 0.338 e. The molecular weight excluding hydrogens is 352 g/mol. The Balaban J connectivity index is 2.75. The third-order valence-corrected chi connectivity index (χ3v) is 4.55. The van der Waals surface area contributed by atoms with E-state index in [-0.39, 0.29) is 24.9 Å². The molecule has 1 unspecified atom stereocenters. The molecule has 4 amide bonds. The first kappa shape index (κ1) is 23.2. The van der Waals surface area contributed by atoms with Crippen molar-refractivity contribution in [3.8, 4) is 0 Å². The van der Waals surface area contributed by atoms with Crippen molar-refractivity contribution in [2.45, 2.75) is 52.4 Å². The molecule has 1 aliphatic heterocycles. The van der Waals surface area contributed by atoms with Crippen molar-refractivity contribution < 1.29 is 24.3 Å². The Kier molecular flexibility index (Phi) is 11.4. The molecule has 0 aliphatic carbocycles. The van der Waals surface area contributed by atoms with E-state index in [4.69, 9.17) is 4.74 Å². The lowest BCUT2D eigenvalue weighted by molar-refractivity contribution is -0.155. The largest absolute Gasteiger partial charge is 0.378 e. The molecule has 156 valence electrons. The highest BCUT2D eigenvalue weighted by atomic mass is 16.5. The van der Waals surface area contributed by atoms with E-state index < -0.39 is 5.92 Å². The summed E-state index contributed by atoms with van der Waals surface area (Å²) in [6, 6.07) is -0.247. The van der Waals surface area contributed by atoms with Gasteiger partial charge < -0.3 is 9.64 Å². The summed E-state index contributed by atoms with van der Waals surface area (Å²) in [5.74, 6) is -0.932. The maximum Gasteiger partial charge on any atom is 0.338 e. The van der Waals surface area contributed by atoms with Crippen LogP contribution < -0.4 is 5.43 Å². The molecule has 9 nitrogen and oxygen atoms in total. The first-order valence-electron chi connectivity index (χ1n) is 9.88. The van der Waals surface area contributed by atoms with E-state index in [2.05, 4.69) is 12.3 Å². The van der Waals surface area contributed by atoms with Crippen LogP contribution in [0.1, 0.15) is 52.4 Å². The van der Waals surface area contributed by atoms with Gasteiger partial charge in [0, 0.05) is 19.6 Å². The van der Waals surface area contributed by atoms with Gasteiger partial charge in [0.05, 0.1) is 25.7 Å². The van der Waals surface area contributed by atoms with Crippen LogP contribution in [0.4, 0.5) is 4.79 Å². The zero-order valence-electron chi connectivity index (χ0n) is 16.6. The second-order valence-corrected chi connectivity index (χ2v) is 6.78. The SMILES string of the molecule is CCCCCC(CN(O)C=O)C(=O)NN(CCCC)C(=O)N1CCOCC1. The minimum atomic E-state index is -0.576. The Morgan fingerprint density at radius 2 is 1.85 bits per heavy atom. The summed E-state index contributed by atoms with van der Waals surface area (Å²) in [5, 5.41) is 11.3. The fraction of sp³-hybridized carbons (Fsp3) is 0.833. The van der Waals surface area contributed by atoms with Gasteiger partial charge in [0.2, 0.25) is 12.3 Å². The van der Waals surface area contributed by atoms with E-state index in [0.717, 1.165) is 32.1 Å². The number of nitrogens with zero attached hydrogens (tertiary/aromatic N) is 3. The van der Waals surface area contributed by atoms with E-state index >= 15 is 0 Å². The lowest BCUT2D eigenvalue weighted by Gasteiger charge is -2.33. The third kappa shape index (κ3) is 8.57. The Hall–Kier alpha value is -1.87. The van der Waals surface area contributed by atoms with Crippen LogP contribution in [0.5, 0.6) is 0 Å². The van der Waals surface area contributed by atoms with Gasteiger partial charge in [-0.3, -0.25) is 20.2 Å². The van der Waals surface area contributed by atoms with E-state index in [0.29, 0.717) is 44.3 Å². The van der Waals surface area contributed by atoms with Crippen molar-refractivity contribution in [2.75, 3.05) is 39.4 Å². The van der Waals surface area contributed by atoms with Crippen LogP contribution in [-0.4, -0.2) is 77.9 Å². The number of amides is 4. The number of carbonyl (C=O) groups excluding carboxylic acids is 3. The van der Waals surface area contributed by atoms with Crippen LogP contribution in [-0.2, 0) is 14.3 Å². The van der Waals surface area contributed by atoms with Crippen LogP contribution in [0.2, 0.25) is 0 Å². The highest BCUT2D eigenvalue weighted by Gasteiger charge is 2.27. The monoisotopic (exact) mass is 386 g/mol. The van der Waals surface area contributed by atoms with E-state index in [9.17, 15) is 19.6 Å². The molecule has 27 heavy (non-hydrogen) atoms. The molecule has 2 N–H and O–H groups in total. The molecule has 1 rings (SSSR count). The summed E-state index contributed by atoms with van der Waals surface area (Å²) in [7, 11) is 0. The Bertz CT molecular complexity index is 457. The van der Waals surface area contributed by atoms with E-state index in [1.165, 1.54) is 5.01 Å². The van der Waals surface area contributed by atoms with Crippen molar-refractivity contribution >= 4 is 18.3 Å². The highest BCUT2D eigenvalue weighted by Crippen LogP contribution is 2.13. The van der Waals surface area contributed by atoms with Crippen LogP contribution >= 0.6 is 0 Å². The number of nitrogens with one attached hydrogen (secondary N) is 1. The molecule has 0 aromatic heterocycles. The summed E-state index contributed by atoms with van der Waals surface area (Å²) in [6.07, 6.45) is 5.25. The number of carbonyl (C=O) groups is 3. The number of unbranched alkanes of at least 4 members (excludes halogenated alkanes) is 3. The fourth-order valence-electron chi connectivity index (χ4n) is 2.88. The number of urea groups is 1. The van der Waals surface area contributed by atoms with Crippen LogP contribution in [0.25, 0.3) is 0 Å². The molecule has 1 aliphatic rings. The average molecular weight is 386 g/mol. The van der Waals surface area contributed by atoms with Gasteiger partial charge in [-0.2, -0.15) is 0 Å². The lowest BCUT2D eigenvalue weighted by Crippen LogP contribution is -2.56. The Morgan fingerprint density at radius 3 is 2.44 bits per heavy atom. The van der Waals surface area contributed by atoms with E-state index in [1.54, 1.807) is 4.90 Å². The normalized spacial score (nSPS) is 15.1. The highest BCUT2D eigenvalue weighted by molar-refractivity contribution is 5.83. The fourth-order valence-corrected chi connectivity index (χ4v) is 2.88. The molecular formula is C18H34N4O5. The first-order valence-corrected chi connectivity index (χ1v) is 9.88. The second-order valence-electron chi connectivity index (χ2n) is 6.78. The zero-order chi connectivity index (χ0) is 20.1. The standard InChI is InChI=1S/C18H34N4O5/c1-3-5-7-8-16(14-21(26)15-23)17(24)19-22(9-6-4-2)18(25)20-10-12-27-13-11-20/h15-16,26H,3-14H2,1-2H3,(H,19,24). The molecule has 0 saturated carbocycles. The van der Waals surface area contributed by atoms with Gasteiger partial charge in [-0.25, -0.2) is 14.9 Å². The number of hydrogen-bond acceptors (Lipinski definition) is 5. The van der Waals surface area contributed by atoms with Gasteiger partial charge in [0.25, 0.3) is 0 Å². The van der Waals surface area contributed by atoms with Gasteiger partial charge in [-0.1, -0.05) is 39.5 Å². The van der Waals surface area contributed by atoms with Crippen LogP contribution in [0.3, 0.4) is 0 Å². The maximum absolute atomic E-state index is 12.8. The number of hydroxylamine groups is 2. The van der Waals surface area contributed by atoms with Crippen molar-refractivity contribution in [1.82, 2.24) is 20.4 Å². The van der Waals surface area contributed by atoms with Gasteiger partial charge in [-0.05, 0) is 12.8 Å². The maximum atomic E-state index is 12.8. The summed E-state index contributed by atoms with van der Waals surface area (Å²) in [5.41, 5.74) is 2.71. The molecule has 0 aromatic carbocycles. The van der Waals surface area contributed by atoms with Gasteiger partial charge in [-0.15, -0.1) is 0 Å². The molecule has 1 atom stereocenters. The summed E-state index contributed by atoms with van der Waals surface area (Å²) in [6.45, 7) is 6.36. The number of ether oxygens (including phenoxy) is 1. The first-order chi connectivity index (χ1) is 13.0. The minimum absolute atomic E-state index is 0.0909. The van der Waals surface area contributed by atoms with Crippen molar-refractivity contribution in [1.29, 1.82) is 0 Å². The predicted octanol–water partition coefficient (Wildman–Crippen LogP) is 1.62. The molecule has 0 spiro atoms. The molecule has 1 heterocycles. The van der Waals surface area contributed by atoms with Crippen molar-refractivity contribution in [3.05, 3.63) is 0 Å². The van der Waals surface area contributed by atoms with E-state index in [1.807, 2.05) is 6.92 Å². The quantitative estimate of drug-likeness (QED) is 0.243. The molecule has 9 heteroatoms. The number of hydrazine groups is 1.